The van der Waals surface area contributed by atoms with Crippen molar-refractivity contribution in [3.63, 3.8) is 0 Å². The van der Waals surface area contributed by atoms with E-state index in [9.17, 15) is 0 Å². The van der Waals surface area contributed by atoms with E-state index in [2.05, 4.69) is 34.8 Å². The van der Waals surface area contributed by atoms with E-state index in [0.717, 1.165) is 19.0 Å². The molecule has 3 aliphatic heterocycles. The molecule has 3 fully saturated rings. The third-order valence-electron chi connectivity index (χ3n) is 3.93. The van der Waals surface area contributed by atoms with Gasteiger partial charge in [0.2, 0.25) is 0 Å². The Labute approximate surface area is 133 Å². The molecule has 4 heteroatoms. The third-order valence-corrected chi connectivity index (χ3v) is 3.93. The van der Waals surface area contributed by atoms with Crippen LogP contribution in [0.4, 0.5) is 0 Å². The molecule has 4 nitrogen and oxygen atoms in total. The molecule has 3 rings (SSSR count). The maximum absolute atomic E-state index is 3.32. The number of hydrogen-bond acceptors (Lipinski definition) is 4. The van der Waals surface area contributed by atoms with Crippen LogP contribution < -0.4 is 16.0 Å². The molecule has 0 saturated carbocycles. The molecular weight excluding hydrogens is 260 g/mol. The molecule has 0 unspecified atom stereocenters. The highest BCUT2D eigenvalue weighted by atomic mass is 15.2. The Hall–Kier alpha value is -0.160. The second-order valence-corrected chi connectivity index (χ2v) is 5.94. The van der Waals surface area contributed by atoms with Crippen LogP contribution in [0.2, 0.25) is 0 Å². The molecule has 0 radical (unpaired) electrons. The first-order valence-corrected chi connectivity index (χ1v) is 9.09. The minimum absolute atomic E-state index is 0.973. The summed E-state index contributed by atoms with van der Waals surface area (Å²) in [7, 11) is 2.15. The van der Waals surface area contributed by atoms with Gasteiger partial charge < -0.3 is 20.9 Å². The average Bonchev–Trinajstić information content (AvgIpc) is 3.11. The van der Waals surface area contributed by atoms with Crippen molar-refractivity contribution < 1.29 is 0 Å². The van der Waals surface area contributed by atoms with Crippen LogP contribution in [0.5, 0.6) is 0 Å². The van der Waals surface area contributed by atoms with Gasteiger partial charge in [-0.05, 0) is 64.8 Å². The van der Waals surface area contributed by atoms with Crippen molar-refractivity contribution in [3.05, 3.63) is 0 Å². The molecule has 3 heterocycles. The van der Waals surface area contributed by atoms with E-state index in [-0.39, 0.29) is 0 Å². The molecule has 0 bridgehead atoms. The quantitative estimate of drug-likeness (QED) is 0.639. The molecule has 3 aliphatic rings. The van der Waals surface area contributed by atoms with Crippen molar-refractivity contribution >= 4 is 0 Å². The highest BCUT2D eigenvalue weighted by Gasteiger charge is 2.05. The lowest BCUT2D eigenvalue weighted by atomic mass is 10.0. The van der Waals surface area contributed by atoms with Gasteiger partial charge in [0.1, 0.15) is 0 Å². The largest absolute Gasteiger partial charge is 0.317 e. The first-order valence-electron chi connectivity index (χ1n) is 9.09. The Morgan fingerprint density at radius 3 is 1.38 bits per heavy atom. The zero-order valence-corrected chi connectivity index (χ0v) is 15.0. The fraction of sp³-hybridized carbons (Fsp3) is 1.00. The Balaban J connectivity index is 0.000000273. The fourth-order valence-corrected chi connectivity index (χ4v) is 2.37. The van der Waals surface area contributed by atoms with Gasteiger partial charge in [-0.3, -0.25) is 0 Å². The number of likely N-dealkylation sites (N-methyl/N-ethyl adjacent to an activating group) is 1. The van der Waals surface area contributed by atoms with Crippen LogP contribution in [-0.4, -0.2) is 64.3 Å². The molecule has 0 amide bonds. The van der Waals surface area contributed by atoms with Crippen LogP contribution in [0.3, 0.4) is 0 Å². The standard InChI is InChI=1S/C6H13N.C5H12N2.C4H9N.C2H6/c1-6-2-4-7-5-3-6;1-7-4-2-6-3-5-7;1-2-4-5-3-1;1-2/h6-7H,2-5H2,1H3;6H,2-5H2,1H3;5H,1-4H2;1-2H3. The summed E-state index contributed by atoms with van der Waals surface area (Å²) in [5.74, 6) is 0.973. The lowest BCUT2D eigenvalue weighted by Crippen LogP contribution is -2.40. The van der Waals surface area contributed by atoms with Crippen molar-refractivity contribution in [1.82, 2.24) is 20.9 Å². The first kappa shape index (κ1) is 20.8. The van der Waals surface area contributed by atoms with E-state index in [0.29, 0.717) is 0 Å². The lowest BCUT2D eigenvalue weighted by molar-refractivity contribution is 0.291. The Bertz CT molecular complexity index is 160. The third kappa shape index (κ3) is 14.5. The summed E-state index contributed by atoms with van der Waals surface area (Å²) in [5.41, 5.74) is 0. The van der Waals surface area contributed by atoms with Gasteiger partial charge in [0, 0.05) is 26.2 Å². The summed E-state index contributed by atoms with van der Waals surface area (Å²) in [6.07, 6.45) is 5.53. The zero-order chi connectivity index (χ0) is 15.8. The molecule has 0 atom stereocenters. The molecule has 21 heavy (non-hydrogen) atoms. The highest BCUT2D eigenvalue weighted by Crippen LogP contribution is 2.08. The van der Waals surface area contributed by atoms with Gasteiger partial charge >= 0.3 is 0 Å². The Morgan fingerprint density at radius 1 is 0.714 bits per heavy atom. The van der Waals surface area contributed by atoms with Gasteiger partial charge in [0.05, 0.1) is 0 Å². The monoisotopic (exact) mass is 300 g/mol. The maximum atomic E-state index is 3.32. The Kier molecular flexibility index (Phi) is 16.1. The van der Waals surface area contributed by atoms with Crippen molar-refractivity contribution in [1.29, 1.82) is 0 Å². The topological polar surface area (TPSA) is 39.3 Å². The maximum Gasteiger partial charge on any atom is 0.0104 e. The van der Waals surface area contributed by atoms with Gasteiger partial charge in [-0.15, -0.1) is 0 Å². The van der Waals surface area contributed by atoms with Gasteiger partial charge in [0.15, 0.2) is 0 Å². The molecule has 128 valence electrons. The molecule has 3 N–H and O–H groups in total. The molecule has 3 saturated heterocycles. The van der Waals surface area contributed by atoms with Gasteiger partial charge in [-0.2, -0.15) is 0 Å². The van der Waals surface area contributed by atoms with E-state index >= 15 is 0 Å². The number of piperazine rings is 1. The van der Waals surface area contributed by atoms with Crippen LogP contribution in [0, 0.1) is 5.92 Å². The van der Waals surface area contributed by atoms with Crippen LogP contribution in [0.15, 0.2) is 0 Å². The summed E-state index contributed by atoms with van der Waals surface area (Å²) in [6, 6.07) is 0. The number of rotatable bonds is 0. The normalized spacial score (nSPS) is 22.9. The van der Waals surface area contributed by atoms with Gasteiger partial charge in [-0.1, -0.05) is 20.8 Å². The average molecular weight is 301 g/mol. The summed E-state index contributed by atoms with van der Waals surface area (Å²) in [4.78, 5) is 2.33. The predicted octanol–water partition coefficient (Wildman–Crippen LogP) is 1.92. The van der Waals surface area contributed by atoms with Crippen LogP contribution in [0.25, 0.3) is 0 Å². The minimum atomic E-state index is 0.973. The lowest BCUT2D eigenvalue weighted by Gasteiger charge is -2.21. The number of piperidine rings is 1. The second kappa shape index (κ2) is 16.2. The zero-order valence-electron chi connectivity index (χ0n) is 15.0. The summed E-state index contributed by atoms with van der Waals surface area (Å²) >= 11 is 0. The molecule has 0 aromatic rings. The van der Waals surface area contributed by atoms with E-state index in [1.54, 1.807) is 0 Å². The van der Waals surface area contributed by atoms with Crippen molar-refractivity contribution in [2.45, 2.75) is 46.5 Å². The number of nitrogens with one attached hydrogen (secondary N) is 3. The van der Waals surface area contributed by atoms with Crippen LogP contribution in [0.1, 0.15) is 46.5 Å². The van der Waals surface area contributed by atoms with Crippen LogP contribution >= 0.6 is 0 Å². The van der Waals surface area contributed by atoms with Crippen molar-refractivity contribution in [2.75, 3.05) is 59.4 Å². The van der Waals surface area contributed by atoms with Gasteiger partial charge in [-0.25, -0.2) is 0 Å². The van der Waals surface area contributed by atoms with E-state index in [4.69, 9.17) is 0 Å². The summed E-state index contributed by atoms with van der Waals surface area (Å²) in [5, 5.41) is 9.81. The summed E-state index contributed by atoms with van der Waals surface area (Å²) in [6.45, 7) is 16.0. The van der Waals surface area contributed by atoms with Crippen molar-refractivity contribution in [2.24, 2.45) is 5.92 Å². The van der Waals surface area contributed by atoms with Crippen molar-refractivity contribution in [3.8, 4) is 0 Å². The first-order chi connectivity index (χ1) is 10.3. The minimum Gasteiger partial charge on any atom is -0.317 e. The molecule has 0 spiro atoms. The molecule has 0 aromatic carbocycles. The predicted molar refractivity (Wildman–Crippen MR) is 95.1 cm³/mol. The Morgan fingerprint density at radius 2 is 1.14 bits per heavy atom. The summed E-state index contributed by atoms with van der Waals surface area (Å²) < 4.78 is 0. The van der Waals surface area contributed by atoms with Crippen LogP contribution in [-0.2, 0) is 0 Å². The van der Waals surface area contributed by atoms with E-state index in [1.165, 1.54) is 65.0 Å². The number of nitrogens with zero attached hydrogens (tertiary/aromatic N) is 1. The fourth-order valence-electron chi connectivity index (χ4n) is 2.37. The number of hydrogen-bond donors (Lipinski definition) is 3. The highest BCUT2D eigenvalue weighted by molar-refractivity contribution is 4.63. The van der Waals surface area contributed by atoms with E-state index in [1.807, 2.05) is 13.8 Å². The molecular formula is C17H40N4. The smallest absolute Gasteiger partial charge is 0.0104 e. The molecule has 0 aromatic heterocycles. The SMILES string of the molecule is C1CCNC1.CC.CC1CCNCC1.CN1CCNCC1. The second-order valence-electron chi connectivity index (χ2n) is 5.94. The van der Waals surface area contributed by atoms with Gasteiger partial charge in [0.25, 0.3) is 0 Å². The van der Waals surface area contributed by atoms with E-state index < -0.39 is 0 Å². The molecule has 0 aliphatic carbocycles.